The lowest BCUT2D eigenvalue weighted by molar-refractivity contribution is -0.131. The number of hydrogen-bond acceptors (Lipinski definition) is 4. The number of fused-ring (bicyclic) bond motifs is 1. The Balaban J connectivity index is 1.28. The van der Waals surface area contributed by atoms with Gasteiger partial charge in [0.15, 0.2) is 0 Å². The molecule has 2 heterocycles. The van der Waals surface area contributed by atoms with E-state index in [1.165, 1.54) is 18.9 Å². The zero-order valence-corrected chi connectivity index (χ0v) is 21.9. The molecule has 0 atom stereocenters. The van der Waals surface area contributed by atoms with Gasteiger partial charge in [0, 0.05) is 50.2 Å². The second-order valence-corrected chi connectivity index (χ2v) is 10.6. The molecule has 2 fully saturated rings. The number of para-hydroxylation sites is 1. The first-order valence-electron chi connectivity index (χ1n) is 13.2. The van der Waals surface area contributed by atoms with Gasteiger partial charge in [-0.15, -0.1) is 0 Å². The van der Waals surface area contributed by atoms with Crippen LogP contribution in [0.5, 0.6) is 5.75 Å². The Hall–Kier alpha value is -3.58. The molecule has 1 aliphatic carbocycles. The summed E-state index contributed by atoms with van der Waals surface area (Å²) in [4.78, 5) is 21.3. The third-order valence-electron chi connectivity index (χ3n) is 7.39. The fraction of sp³-hybridized carbons (Fsp3) is 0.333. The fourth-order valence-electron chi connectivity index (χ4n) is 5.05. The van der Waals surface area contributed by atoms with Crippen molar-refractivity contribution in [1.29, 1.82) is 0 Å². The third-order valence-corrected chi connectivity index (χ3v) is 7.65. The van der Waals surface area contributed by atoms with Gasteiger partial charge in [0.25, 0.3) is 0 Å². The number of aromatic nitrogens is 2. The highest BCUT2D eigenvalue weighted by Gasteiger charge is 2.29. The molecule has 196 valence electrons. The number of carbonyl (C=O) groups excluding carboxylic acids is 1. The molecule has 3 aromatic carbocycles. The Morgan fingerprint density at radius 3 is 2.45 bits per heavy atom. The molecule has 8 heteroatoms. The fourth-order valence-corrected chi connectivity index (χ4v) is 5.17. The second-order valence-electron chi connectivity index (χ2n) is 10.2. The Morgan fingerprint density at radius 2 is 1.74 bits per heavy atom. The maximum atomic E-state index is 15.4. The zero-order chi connectivity index (χ0) is 26.1. The van der Waals surface area contributed by atoms with E-state index in [0.29, 0.717) is 67.1 Å². The monoisotopic (exact) mass is 532 g/mol. The number of benzene rings is 3. The molecule has 0 unspecified atom stereocenters. The largest absolute Gasteiger partial charge is 0.486 e. The first-order chi connectivity index (χ1) is 18.5. The van der Waals surface area contributed by atoms with E-state index in [2.05, 4.69) is 4.57 Å². The predicted octanol–water partition coefficient (Wildman–Crippen LogP) is 5.90. The normalized spacial score (nSPS) is 15.7. The predicted molar refractivity (Wildman–Crippen MR) is 147 cm³/mol. The third kappa shape index (κ3) is 5.48. The van der Waals surface area contributed by atoms with Crippen LogP contribution in [0.4, 0.5) is 10.1 Å². The van der Waals surface area contributed by atoms with Gasteiger partial charge in [-0.25, -0.2) is 9.37 Å². The van der Waals surface area contributed by atoms with Crippen molar-refractivity contribution >= 4 is 34.2 Å². The molecule has 0 radical (unpaired) electrons. The lowest BCUT2D eigenvalue weighted by Crippen LogP contribution is -2.49. The van der Waals surface area contributed by atoms with Crippen molar-refractivity contribution in [3.63, 3.8) is 0 Å². The van der Waals surface area contributed by atoms with Crippen molar-refractivity contribution in [2.45, 2.75) is 32.4 Å². The number of halogens is 2. The Morgan fingerprint density at radius 1 is 1.00 bits per heavy atom. The van der Waals surface area contributed by atoms with Gasteiger partial charge in [-0.2, -0.15) is 0 Å². The summed E-state index contributed by atoms with van der Waals surface area (Å²) in [7, 11) is 0. The molecule has 1 amide bonds. The van der Waals surface area contributed by atoms with E-state index in [1.54, 1.807) is 0 Å². The van der Waals surface area contributed by atoms with E-state index < -0.39 is 0 Å². The minimum atomic E-state index is -0.304. The molecule has 38 heavy (non-hydrogen) atoms. The first-order valence-corrected chi connectivity index (χ1v) is 13.5. The highest BCUT2D eigenvalue weighted by Crippen LogP contribution is 2.33. The summed E-state index contributed by atoms with van der Waals surface area (Å²) in [5.41, 5.74) is 3.03. The maximum Gasteiger partial charge on any atom is 0.222 e. The lowest BCUT2D eigenvalue weighted by Gasteiger charge is -2.36. The summed E-state index contributed by atoms with van der Waals surface area (Å²) in [6.45, 7) is 3.25. The first kappa shape index (κ1) is 24.7. The number of hydrogen-bond donors (Lipinski definition) is 0. The summed E-state index contributed by atoms with van der Waals surface area (Å²) >= 11 is 6.11. The van der Waals surface area contributed by atoms with Crippen LogP contribution in [0.2, 0.25) is 5.02 Å². The van der Waals surface area contributed by atoms with Crippen LogP contribution in [-0.4, -0.2) is 46.5 Å². The molecule has 1 aromatic heterocycles. The molecule has 6 nitrogen and oxygen atoms in total. The van der Waals surface area contributed by atoms with E-state index in [9.17, 15) is 4.79 Å². The van der Waals surface area contributed by atoms with Crippen molar-refractivity contribution in [3.8, 4) is 5.75 Å². The summed E-state index contributed by atoms with van der Waals surface area (Å²) in [6.07, 6.45) is 2.98. The topological polar surface area (TPSA) is 50.6 Å². The molecule has 4 aromatic rings. The van der Waals surface area contributed by atoms with Gasteiger partial charge in [0.05, 0.1) is 16.7 Å². The molecule has 2 aliphatic rings. The van der Waals surface area contributed by atoms with Crippen LogP contribution in [0, 0.1) is 11.7 Å². The quantitative estimate of drug-likeness (QED) is 0.283. The van der Waals surface area contributed by atoms with Crippen LogP contribution in [0.25, 0.3) is 11.0 Å². The minimum absolute atomic E-state index is 0.229. The van der Waals surface area contributed by atoms with Crippen LogP contribution < -0.4 is 9.64 Å². The van der Waals surface area contributed by atoms with Crippen LogP contribution in [0.1, 0.15) is 30.7 Å². The Kier molecular flexibility index (Phi) is 6.94. The Labute approximate surface area is 226 Å². The van der Waals surface area contributed by atoms with E-state index in [4.69, 9.17) is 21.3 Å². The zero-order valence-electron chi connectivity index (χ0n) is 21.2. The number of imidazole rings is 1. The number of ether oxygens (including phenoxy) is 1. The number of rotatable bonds is 8. The highest BCUT2D eigenvalue weighted by atomic mass is 35.5. The summed E-state index contributed by atoms with van der Waals surface area (Å²) < 4.78 is 23.5. The average molecular weight is 533 g/mol. The van der Waals surface area contributed by atoms with Gasteiger partial charge >= 0.3 is 0 Å². The molecule has 0 N–H and O–H groups in total. The smallest absolute Gasteiger partial charge is 0.222 e. The molecule has 1 aliphatic heterocycles. The molecule has 1 saturated heterocycles. The van der Waals surface area contributed by atoms with Gasteiger partial charge in [0.2, 0.25) is 5.91 Å². The van der Waals surface area contributed by atoms with Crippen molar-refractivity contribution in [1.82, 2.24) is 14.5 Å². The highest BCUT2D eigenvalue weighted by molar-refractivity contribution is 6.30. The van der Waals surface area contributed by atoms with Crippen LogP contribution in [0.15, 0.2) is 66.7 Å². The van der Waals surface area contributed by atoms with Crippen molar-refractivity contribution in [2.24, 2.45) is 5.92 Å². The van der Waals surface area contributed by atoms with Gasteiger partial charge in [0.1, 0.15) is 24.0 Å². The van der Waals surface area contributed by atoms with Gasteiger partial charge < -0.3 is 19.1 Å². The van der Waals surface area contributed by atoms with Crippen LogP contribution in [-0.2, 0) is 17.9 Å². The van der Waals surface area contributed by atoms with Gasteiger partial charge in [-0.1, -0.05) is 41.9 Å². The van der Waals surface area contributed by atoms with E-state index >= 15 is 4.39 Å². The maximum absolute atomic E-state index is 15.4. The minimum Gasteiger partial charge on any atom is -0.486 e. The van der Waals surface area contributed by atoms with E-state index in [-0.39, 0.29) is 18.3 Å². The van der Waals surface area contributed by atoms with Crippen molar-refractivity contribution in [2.75, 3.05) is 31.1 Å². The number of amides is 1. The van der Waals surface area contributed by atoms with Gasteiger partial charge in [-0.3, -0.25) is 4.79 Å². The number of carbonyl (C=O) groups is 1. The number of anilines is 1. The SMILES string of the molecule is O=C(CC1CC1)N1CCN(c2cc3c(cc2F)nc(COc2ccccc2)n3Cc2ccc(Cl)cc2)CC1. The van der Waals surface area contributed by atoms with Crippen molar-refractivity contribution in [3.05, 3.63) is 89.0 Å². The molecule has 0 spiro atoms. The molecular weight excluding hydrogens is 503 g/mol. The number of nitrogens with zero attached hydrogens (tertiary/aromatic N) is 4. The molecule has 0 bridgehead atoms. The molecule has 1 saturated carbocycles. The van der Waals surface area contributed by atoms with E-state index in [1.807, 2.05) is 70.5 Å². The standard InChI is InChI=1S/C30H30ClFN4O2/c31-23-10-8-22(9-11-23)19-36-28-18-27(34-12-14-35(15-13-34)30(37)16-21-6-7-21)25(32)17-26(28)33-29(36)20-38-24-4-2-1-3-5-24/h1-5,8-11,17-18,21H,6-7,12-16,19-20H2. The van der Waals surface area contributed by atoms with Crippen LogP contribution in [0.3, 0.4) is 0 Å². The number of piperazine rings is 1. The summed E-state index contributed by atoms with van der Waals surface area (Å²) in [5, 5.41) is 0.677. The lowest BCUT2D eigenvalue weighted by atomic mass is 10.2. The average Bonchev–Trinajstić information content (AvgIpc) is 3.69. The van der Waals surface area contributed by atoms with Crippen LogP contribution >= 0.6 is 11.6 Å². The molecular formula is C30H30ClFN4O2. The summed E-state index contributed by atoms with van der Waals surface area (Å²) in [5.74, 6) is 1.96. The van der Waals surface area contributed by atoms with Crippen molar-refractivity contribution < 1.29 is 13.9 Å². The van der Waals surface area contributed by atoms with Gasteiger partial charge in [-0.05, 0) is 54.7 Å². The second kappa shape index (κ2) is 10.7. The Bertz CT molecular complexity index is 1430. The van der Waals surface area contributed by atoms with E-state index in [0.717, 1.165) is 16.8 Å². The molecule has 6 rings (SSSR count). The summed E-state index contributed by atoms with van der Waals surface area (Å²) in [6, 6.07) is 20.7.